The SMILES string of the molecule is CN(c1ccc(C(F)(F)F)cn1)C1CN(c2cc3c(nn2)CCCC3)C1. The van der Waals surface area contributed by atoms with E-state index in [1.165, 1.54) is 24.5 Å². The van der Waals surface area contributed by atoms with Crippen LogP contribution in [0.1, 0.15) is 29.7 Å². The summed E-state index contributed by atoms with van der Waals surface area (Å²) in [6, 6.07) is 4.82. The lowest BCUT2D eigenvalue weighted by molar-refractivity contribution is -0.137. The minimum atomic E-state index is -4.36. The van der Waals surface area contributed by atoms with Gasteiger partial charge in [0.15, 0.2) is 5.82 Å². The van der Waals surface area contributed by atoms with E-state index in [2.05, 4.69) is 26.1 Å². The third-order valence-corrected chi connectivity index (χ3v) is 5.23. The Morgan fingerprint density at radius 3 is 2.58 bits per heavy atom. The lowest BCUT2D eigenvalue weighted by Gasteiger charge is -2.45. The lowest BCUT2D eigenvalue weighted by atomic mass is 9.96. The highest BCUT2D eigenvalue weighted by atomic mass is 19.4. The summed E-state index contributed by atoms with van der Waals surface area (Å²) in [5, 5.41) is 8.69. The van der Waals surface area contributed by atoms with Crippen molar-refractivity contribution in [2.24, 2.45) is 0 Å². The number of nitrogens with zero attached hydrogens (tertiary/aromatic N) is 5. The topological polar surface area (TPSA) is 45.2 Å². The molecule has 8 heteroatoms. The van der Waals surface area contributed by atoms with Gasteiger partial charge in [-0.2, -0.15) is 18.3 Å². The molecule has 0 aromatic carbocycles. The highest BCUT2D eigenvalue weighted by Crippen LogP contribution is 2.31. The second-order valence-electron chi connectivity index (χ2n) is 6.95. The van der Waals surface area contributed by atoms with Gasteiger partial charge in [0.25, 0.3) is 0 Å². The number of aromatic nitrogens is 3. The minimum Gasteiger partial charge on any atom is -0.353 e. The Morgan fingerprint density at radius 2 is 1.88 bits per heavy atom. The van der Waals surface area contributed by atoms with E-state index in [9.17, 15) is 13.2 Å². The van der Waals surface area contributed by atoms with Gasteiger partial charge in [-0.3, -0.25) is 0 Å². The third-order valence-electron chi connectivity index (χ3n) is 5.23. The molecule has 0 radical (unpaired) electrons. The van der Waals surface area contributed by atoms with E-state index in [4.69, 9.17) is 0 Å². The van der Waals surface area contributed by atoms with Gasteiger partial charge in [-0.05, 0) is 49.4 Å². The number of likely N-dealkylation sites (N-methyl/N-ethyl adjacent to an activating group) is 1. The molecule has 1 aliphatic heterocycles. The Hall–Kier alpha value is -2.38. The molecule has 5 nitrogen and oxygen atoms in total. The maximum atomic E-state index is 12.6. The van der Waals surface area contributed by atoms with E-state index in [-0.39, 0.29) is 6.04 Å². The zero-order valence-electron chi connectivity index (χ0n) is 14.5. The fourth-order valence-electron chi connectivity index (χ4n) is 3.47. The maximum absolute atomic E-state index is 12.6. The zero-order chi connectivity index (χ0) is 18.3. The van der Waals surface area contributed by atoms with Crippen molar-refractivity contribution in [3.63, 3.8) is 0 Å². The largest absolute Gasteiger partial charge is 0.417 e. The molecule has 1 fully saturated rings. The first kappa shape index (κ1) is 17.1. The van der Waals surface area contributed by atoms with E-state index in [1.54, 1.807) is 0 Å². The summed E-state index contributed by atoms with van der Waals surface area (Å²) < 4.78 is 37.9. The van der Waals surface area contributed by atoms with Crippen LogP contribution < -0.4 is 9.80 Å². The van der Waals surface area contributed by atoms with Crippen LogP contribution in [0.5, 0.6) is 0 Å². The lowest BCUT2D eigenvalue weighted by Crippen LogP contribution is -2.59. The van der Waals surface area contributed by atoms with Crippen LogP contribution >= 0.6 is 0 Å². The highest BCUT2D eigenvalue weighted by Gasteiger charge is 2.34. The van der Waals surface area contributed by atoms with E-state index in [0.717, 1.165) is 49.7 Å². The average molecular weight is 363 g/mol. The van der Waals surface area contributed by atoms with Gasteiger partial charge in [0.1, 0.15) is 5.82 Å². The fourth-order valence-corrected chi connectivity index (χ4v) is 3.47. The van der Waals surface area contributed by atoms with E-state index in [1.807, 2.05) is 11.9 Å². The van der Waals surface area contributed by atoms with E-state index < -0.39 is 11.7 Å². The molecular formula is C18H20F3N5. The number of halogens is 3. The molecule has 0 N–H and O–H groups in total. The van der Waals surface area contributed by atoms with Crippen molar-refractivity contribution in [3.8, 4) is 0 Å². The van der Waals surface area contributed by atoms with Crippen LogP contribution in [0, 0.1) is 0 Å². The number of hydrogen-bond donors (Lipinski definition) is 0. The standard InChI is InChI=1S/C18H20F3N5/c1-25(16-7-6-13(9-22-16)18(19,20)21)14-10-26(11-14)17-8-12-4-2-3-5-15(12)23-24-17/h6-9,14H,2-5,10-11H2,1H3. The molecular weight excluding hydrogens is 343 g/mol. The highest BCUT2D eigenvalue weighted by molar-refractivity contribution is 5.49. The van der Waals surface area contributed by atoms with Gasteiger partial charge in [0, 0.05) is 26.3 Å². The first-order valence-corrected chi connectivity index (χ1v) is 8.78. The van der Waals surface area contributed by atoms with Crippen LogP contribution in [0.3, 0.4) is 0 Å². The number of pyridine rings is 1. The van der Waals surface area contributed by atoms with Gasteiger partial charge in [0.05, 0.1) is 17.3 Å². The van der Waals surface area contributed by atoms with Crippen molar-refractivity contribution >= 4 is 11.6 Å². The zero-order valence-corrected chi connectivity index (χ0v) is 14.5. The fraction of sp³-hybridized carbons (Fsp3) is 0.500. The normalized spacial score (nSPS) is 17.6. The van der Waals surface area contributed by atoms with Gasteiger partial charge >= 0.3 is 6.18 Å². The van der Waals surface area contributed by atoms with Crippen LogP contribution in [0.15, 0.2) is 24.4 Å². The Kier molecular flexibility index (Phi) is 4.20. The summed E-state index contributed by atoms with van der Waals surface area (Å²) in [7, 11) is 1.86. The van der Waals surface area contributed by atoms with Gasteiger partial charge < -0.3 is 9.80 Å². The summed E-state index contributed by atoms with van der Waals surface area (Å²) in [6.07, 6.45) is 0.971. The van der Waals surface area contributed by atoms with Crippen molar-refractivity contribution in [2.45, 2.75) is 37.9 Å². The van der Waals surface area contributed by atoms with E-state index in [0.29, 0.717) is 5.82 Å². The molecule has 0 spiro atoms. The second-order valence-corrected chi connectivity index (χ2v) is 6.95. The third kappa shape index (κ3) is 3.20. The first-order chi connectivity index (χ1) is 12.4. The summed E-state index contributed by atoms with van der Waals surface area (Å²) in [6.45, 7) is 1.51. The molecule has 0 amide bonds. The summed E-state index contributed by atoms with van der Waals surface area (Å²) in [5.74, 6) is 1.43. The quantitative estimate of drug-likeness (QED) is 0.839. The Balaban J connectivity index is 1.40. The van der Waals surface area contributed by atoms with Crippen LogP contribution in [0.4, 0.5) is 24.8 Å². The van der Waals surface area contributed by atoms with Crippen molar-refractivity contribution in [3.05, 3.63) is 41.2 Å². The van der Waals surface area contributed by atoms with Crippen LogP contribution in [-0.2, 0) is 19.0 Å². The predicted molar refractivity (Wildman–Crippen MR) is 92.3 cm³/mol. The summed E-state index contributed by atoms with van der Waals surface area (Å²) >= 11 is 0. The Bertz CT molecular complexity index is 784. The van der Waals surface area contributed by atoms with Crippen molar-refractivity contribution in [2.75, 3.05) is 29.9 Å². The smallest absolute Gasteiger partial charge is 0.353 e. The molecule has 26 heavy (non-hydrogen) atoms. The minimum absolute atomic E-state index is 0.192. The average Bonchev–Trinajstić information content (AvgIpc) is 2.59. The molecule has 0 saturated carbocycles. The number of anilines is 2. The van der Waals surface area contributed by atoms with Gasteiger partial charge in [-0.15, -0.1) is 5.10 Å². The van der Waals surface area contributed by atoms with Gasteiger partial charge in [0.2, 0.25) is 0 Å². The summed E-state index contributed by atoms with van der Waals surface area (Å²) in [5.41, 5.74) is 1.68. The van der Waals surface area contributed by atoms with Crippen molar-refractivity contribution in [1.29, 1.82) is 0 Å². The molecule has 0 bridgehead atoms. The molecule has 4 rings (SSSR count). The molecule has 0 unspecified atom stereocenters. The first-order valence-electron chi connectivity index (χ1n) is 8.78. The molecule has 2 aliphatic rings. The van der Waals surface area contributed by atoms with Crippen LogP contribution in [0.2, 0.25) is 0 Å². The van der Waals surface area contributed by atoms with Crippen molar-refractivity contribution < 1.29 is 13.2 Å². The second kappa shape index (κ2) is 6.41. The molecule has 0 atom stereocenters. The van der Waals surface area contributed by atoms with Gasteiger partial charge in [-0.25, -0.2) is 4.98 Å². The van der Waals surface area contributed by atoms with E-state index >= 15 is 0 Å². The van der Waals surface area contributed by atoms with Gasteiger partial charge in [-0.1, -0.05) is 0 Å². The number of alkyl halides is 3. The molecule has 138 valence electrons. The van der Waals surface area contributed by atoms with Crippen LogP contribution in [-0.4, -0.2) is 41.4 Å². The molecule has 2 aromatic heterocycles. The number of hydrogen-bond acceptors (Lipinski definition) is 5. The maximum Gasteiger partial charge on any atom is 0.417 e. The molecule has 3 heterocycles. The Labute approximate surface area is 149 Å². The molecule has 1 saturated heterocycles. The number of fused-ring (bicyclic) bond motifs is 1. The predicted octanol–water partition coefficient (Wildman–Crippen LogP) is 3.09. The Morgan fingerprint density at radius 1 is 1.12 bits per heavy atom. The number of aryl methyl sites for hydroxylation is 2. The monoisotopic (exact) mass is 363 g/mol. The molecule has 2 aromatic rings. The van der Waals surface area contributed by atoms with Crippen molar-refractivity contribution in [1.82, 2.24) is 15.2 Å². The molecule has 1 aliphatic carbocycles. The number of rotatable bonds is 3. The van der Waals surface area contributed by atoms with Crippen LogP contribution in [0.25, 0.3) is 0 Å². The summed E-state index contributed by atoms with van der Waals surface area (Å²) in [4.78, 5) is 8.03.